The highest BCUT2D eigenvalue weighted by Crippen LogP contribution is 2.35. The Bertz CT molecular complexity index is 2390. The smallest absolute Gasteiger partial charge is 0.407 e. The number of H-pyrrole nitrogens is 2. The van der Waals surface area contributed by atoms with Crippen LogP contribution in [0.15, 0.2) is 97.3 Å². The molecule has 3 amide bonds. The number of alkyl carbamates (subject to hydrolysis) is 1. The zero-order chi connectivity index (χ0) is 39.6. The number of nitrogens with two attached hydrogens (primary N) is 1. The number of likely N-dealkylation sites (tertiary alicyclic amines) is 2. The summed E-state index contributed by atoms with van der Waals surface area (Å²) in [5.74, 6) is 1.16. The van der Waals surface area contributed by atoms with Crippen molar-refractivity contribution in [2.45, 2.75) is 63.7 Å². The number of ether oxygens (including phenoxy) is 1. The number of aromatic nitrogens is 5. The number of aromatic amines is 2. The fourth-order valence-corrected chi connectivity index (χ4v) is 8.06. The van der Waals surface area contributed by atoms with E-state index in [1.54, 1.807) is 6.20 Å². The summed E-state index contributed by atoms with van der Waals surface area (Å²) in [6.45, 7) is 5.05. The Morgan fingerprint density at radius 1 is 0.807 bits per heavy atom. The number of amides is 3. The fraction of sp³-hybridized carbons (Fsp3) is 0.318. The topological polar surface area (TPSA) is 175 Å². The molecule has 3 aromatic carbocycles. The maximum atomic E-state index is 13.6. The molecule has 13 nitrogen and oxygen atoms in total. The summed E-state index contributed by atoms with van der Waals surface area (Å²) in [7, 11) is 1.29. The van der Waals surface area contributed by atoms with Crippen molar-refractivity contribution in [2.75, 3.05) is 20.2 Å². The number of imidazole rings is 2. The number of nitrogens with one attached hydrogen (secondary N) is 3. The van der Waals surface area contributed by atoms with Crippen molar-refractivity contribution in [3.05, 3.63) is 115 Å². The average molecular weight is 766 g/mol. The Morgan fingerprint density at radius 3 is 2.21 bits per heavy atom. The van der Waals surface area contributed by atoms with Crippen LogP contribution in [-0.4, -0.2) is 78.9 Å². The number of hydrogen-bond acceptors (Lipinski definition) is 8. The average Bonchev–Trinajstić information content (AvgIpc) is 4.09. The van der Waals surface area contributed by atoms with E-state index in [1.807, 2.05) is 103 Å². The molecule has 3 aromatic heterocycles. The molecule has 2 aliphatic heterocycles. The van der Waals surface area contributed by atoms with E-state index in [-0.39, 0.29) is 29.8 Å². The number of methoxy groups -OCH3 is 1. The molecule has 5 N–H and O–H groups in total. The molecule has 6 aromatic rings. The van der Waals surface area contributed by atoms with Crippen molar-refractivity contribution >= 4 is 28.8 Å². The Labute approximate surface area is 331 Å². The predicted molar refractivity (Wildman–Crippen MR) is 217 cm³/mol. The van der Waals surface area contributed by atoms with Gasteiger partial charge in [0.15, 0.2) is 0 Å². The van der Waals surface area contributed by atoms with Crippen LogP contribution in [0.2, 0.25) is 0 Å². The van der Waals surface area contributed by atoms with Gasteiger partial charge >= 0.3 is 6.09 Å². The van der Waals surface area contributed by atoms with Crippen molar-refractivity contribution in [1.29, 1.82) is 0 Å². The monoisotopic (exact) mass is 765 g/mol. The van der Waals surface area contributed by atoms with Gasteiger partial charge in [0.1, 0.15) is 23.7 Å². The minimum Gasteiger partial charge on any atom is -0.453 e. The third-order valence-corrected chi connectivity index (χ3v) is 11.2. The number of benzene rings is 3. The van der Waals surface area contributed by atoms with Crippen LogP contribution in [0.5, 0.6) is 0 Å². The second-order valence-corrected chi connectivity index (χ2v) is 15.2. The van der Waals surface area contributed by atoms with Crippen LogP contribution in [0.25, 0.3) is 44.7 Å². The van der Waals surface area contributed by atoms with Gasteiger partial charge in [-0.05, 0) is 60.9 Å². The number of pyridine rings is 1. The van der Waals surface area contributed by atoms with Gasteiger partial charge in [0.25, 0.3) is 0 Å². The quantitative estimate of drug-likeness (QED) is 0.114. The molecule has 0 saturated carbocycles. The van der Waals surface area contributed by atoms with Crippen molar-refractivity contribution in [1.82, 2.24) is 40.0 Å². The lowest BCUT2D eigenvalue weighted by Crippen LogP contribution is -2.51. The molecule has 0 radical (unpaired) electrons. The lowest BCUT2D eigenvalue weighted by atomic mass is 10.0. The molecule has 4 atom stereocenters. The second kappa shape index (κ2) is 16.0. The van der Waals surface area contributed by atoms with Crippen LogP contribution in [0, 0.1) is 5.92 Å². The summed E-state index contributed by atoms with van der Waals surface area (Å²) in [6.07, 6.45) is 6.43. The highest BCUT2D eigenvalue weighted by atomic mass is 16.5. The Kier molecular flexibility index (Phi) is 10.6. The lowest BCUT2D eigenvalue weighted by molar-refractivity contribution is -0.135. The zero-order valence-corrected chi connectivity index (χ0v) is 32.3. The molecule has 13 heteroatoms. The molecular formula is C44H47N9O4. The first-order valence-corrected chi connectivity index (χ1v) is 19.6. The maximum Gasteiger partial charge on any atom is 0.407 e. The van der Waals surface area contributed by atoms with Gasteiger partial charge in [-0.15, -0.1) is 0 Å². The molecule has 5 heterocycles. The van der Waals surface area contributed by atoms with E-state index in [9.17, 15) is 14.4 Å². The van der Waals surface area contributed by atoms with Gasteiger partial charge in [-0.3, -0.25) is 9.59 Å². The number of rotatable bonds is 10. The molecular weight excluding hydrogens is 719 g/mol. The zero-order valence-electron chi connectivity index (χ0n) is 32.3. The van der Waals surface area contributed by atoms with Crippen LogP contribution in [0.1, 0.15) is 74.9 Å². The predicted octanol–water partition coefficient (Wildman–Crippen LogP) is 7.09. The van der Waals surface area contributed by atoms with E-state index in [1.165, 1.54) is 7.11 Å². The maximum absolute atomic E-state index is 13.6. The Hall–Kier alpha value is -6.34. The van der Waals surface area contributed by atoms with Gasteiger partial charge < -0.3 is 35.6 Å². The number of hydrogen-bond donors (Lipinski definition) is 4. The molecule has 292 valence electrons. The first-order chi connectivity index (χ1) is 27.7. The molecule has 0 spiro atoms. The molecule has 0 unspecified atom stereocenters. The standard InChI is InChI=1S/C44H47N9O4/c1-26(2)39(51-44(56)57-3)43(55)53-22-8-12-37(53)41-46-24-34(49-41)28-15-13-27(14-16-28)32-19-17-30-23-31(18-20-33(30)48-32)35-25-47-40(50-35)36-11-7-21-52(36)42(54)38(45)29-9-5-4-6-10-29/h4-6,9-10,13-20,23-26,36-39H,7-8,11-12,21-22,45H2,1-3H3,(H,46,49)(H,47,50)(H,51,56)/t36-,37-,38+,39-/m0/s1. The normalized spacial score (nSPS) is 17.9. The highest BCUT2D eigenvalue weighted by Gasteiger charge is 2.38. The molecule has 2 aliphatic rings. The first kappa shape index (κ1) is 37.6. The van der Waals surface area contributed by atoms with Crippen LogP contribution >= 0.6 is 0 Å². The van der Waals surface area contributed by atoms with Crippen LogP contribution in [0.3, 0.4) is 0 Å². The van der Waals surface area contributed by atoms with Crippen molar-refractivity contribution in [3.8, 4) is 33.8 Å². The Balaban J connectivity index is 0.939. The van der Waals surface area contributed by atoms with Gasteiger partial charge in [0, 0.05) is 35.8 Å². The summed E-state index contributed by atoms with van der Waals surface area (Å²) in [5, 5.41) is 3.69. The van der Waals surface area contributed by atoms with Gasteiger partial charge in [-0.25, -0.2) is 19.7 Å². The van der Waals surface area contributed by atoms with Gasteiger partial charge in [0.05, 0.1) is 48.0 Å². The van der Waals surface area contributed by atoms with Crippen molar-refractivity contribution in [2.24, 2.45) is 11.7 Å². The summed E-state index contributed by atoms with van der Waals surface area (Å²) in [6, 6.07) is 26.1. The van der Waals surface area contributed by atoms with Crippen LogP contribution < -0.4 is 11.1 Å². The summed E-state index contributed by atoms with van der Waals surface area (Å²) in [4.78, 5) is 64.0. The first-order valence-electron chi connectivity index (χ1n) is 19.6. The van der Waals surface area contributed by atoms with Crippen LogP contribution in [0.4, 0.5) is 4.79 Å². The number of carbonyl (C=O) groups is 3. The third-order valence-electron chi connectivity index (χ3n) is 11.2. The molecule has 57 heavy (non-hydrogen) atoms. The van der Waals surface area contributed by atoms with Gasteiger partial charge in [-0.2, -0.15) is 0 Å². The van der Waals surface area contributed by atoms with E-state index < -0.39 is 18.2 Å². The van der Waals surface area contributed by atoms with E-state index in [2.05, 4.69) is 32.4 Å². The summed E-state index contributed by atoms with van der Waals surface area (Å²) < 4.78 is 4.76. The molecule has 2 fully saturated rings. The highest BCUT2D eigenvalue weighted by molar-refractivity contribution is 5.87. The van der Waals surface area contributed by atoms with Gasteiger partial charge in [-0.1, -0.05) is 80.6 Å². The lowest BCUT2D eigenvalue weighted by Gasteiger charge is -2.30. The van der Waals surface area contributed by atoms with Crippen molar-refractivity contribution < 1.29 is 19.1 Å². The molecule has 0 aliphatic carbocycles. The molecule has 2 saturated heterocycles. The summed E-state index contributed by atoms with van der Waals surface area (Å²) >= 11 is 0. The molecule has 8 rings (SSSR count). The number of fused-ring (bicyclic) bond motifs is 1. The minimum atomic E-state index is -0.710. The van der Waals surface area contributed by atoms with E-state index in [0.717, 1.165) is 87.6 Å². The van der Waals surface area contributed by atoms with Gasteiger partial charge in [0.2, 0.25) is 11.8 Å². The Morgan fingerprint density at radius 2 is 1.49 bits per heavy atom. The van der Waals surface area contributed by atoms with Crippen molar-refractivity contribution in [3.63, 3.8) is 0 Å². The van der Waals surface area contributed by atoms with E-state index in [0.29, 0.717) is 13.1 Å². The fourth-order valence-electron chi connectivity index (χ4n) is 8.06. The largest absolute Gasteiger partial charge is 0.453 e. The van der Waals surface area contributed by atoms with Crippen LogP contribution in [-0.2, 0) is 14.3 Å². The number of carbonyl (C=O) groups excluding carboxylic acids is 3. The minimum absolute atomic E-state index is 0.0897. The SMILES string of the molecule is COC(=O)N[C@H](C(=O)N1CCC[C@H]1c1ncc(-c2ccc(-c3ccc4cc(-c5c[nH]c([C@@H]6CCCN6C(=O)[C@H](N)c6ccccc6)n5)ccc4n3)cc2)[nH]1)C(C)C. The molecule has 0 bridgehead atoms. The van der Waals surface area contributed by atoms with E-state index >= 15 is 0 Å². The van der Waals surface area contributed by atoms with E-state index in [4.69, 9.17) is 20.4 Å². The summed E-state index contributed by atoms with van der Waals surface area (Å²) in [5.41, 5.74) is 13.5. The third kappa shape index (κ3) is 7.62. The number of nitrogens with zero attached hydrogens (tertiary/aromatic N) is 5. The second-order valence-electron chi connectivity index (χ2n) is 15.2.